The lowest BCUT2D eigenvalue weighted by Crippen LogP contribution is -2.36. The molecule has 3 heteroatoms. The van der Waals surface area contributed by atoms with E-state index in [2.05, 4.69) is 17.6 Å². The van der Waals surface area contributed by atoms with E-state index in [4.69, 9.17) is 4.74 Å². The van der Waals surface area contributed by atoms with Gasteiger partial charge in [-0.25, -0.2) is 0 Å². The van der Waals surface area contributed by atoms with Gasteiger partial charge in [0.15, 0.2) is 0 Å². The van der Waals surface area contributed by atoms with Gasteiger partial charge < -0.3 is 4.74 Å². The van der Waals surface area contributed by atoms with E-state index in [0.29, 0.717) is 0 Å². The minimum atomic E-state index is -0.350. The molecule has 1 saturated carbocycles. The summed E-state index contributed by atoms with van der Waals surface area (Å²) in [5.74, 6) is 0.964. The first kappa shape index (κ1) is 11.8. The minimum Gasteiger partial charge on any atom is -0.468 e. The Kier molecular flexibility index (Phi) is 3.74. The van der Waals surface area contributed by atoms with Gasteiger partial charge in [0, 0.05) is 5.75 Å². The molecule has 1 aliphatic carbocycles. The predicted octanol–water partition coefficient (Wildman–Crippen LogP) is 3.30. The number of esters is 1. The van der Waals surface area contributed by atoms with E-state index < -0.39 is 0 Å². The summed E-state index contributed by atoms with van der Waals surface area (Å²) in [5, 5.41) is 2.14. The third kappa shape index (κ3) is 2.05. The standard InChI is InChI=1S/C13H18O2S/c1-15-12(14)13(7-3-2-4-8-13)11-6-5-9-16-10-11/h5-6,10H,2-4,7-9H2,1H3. The topological polar surface area (TPSA) is 26.3 Å². The highest BCUT2D eigenvalue weighted by atomic mass is 32.2. The lowest BCUT2D eigenvalue weighted by atomic mass is 9.69. The monoisotopic (exact) mass is 238 g/mol. The van der Waals surface area contributed by atoms with Gasteiger partial charge in [0.2, 0.25) is 0 Å². The van der Waals surface area contributed by atoms with Crippen molar-refractivity contribution in [2.75, 3.05) is 12.9 Å². The Hall–Kier alpha value is -0.700. The van der Waals surface area contributed by atoms with Gasteiger partial charge in [0.05, 0.1) is 12.5 Å². The number of allylic oxidation sites excluding steroid dienone is 1. The quantitative estimate of drug-likeness (QED) is 0.690. The Bertz CT molecular complexity index is 325. The Balaban J connectivity index is 2.29. The van der Waals surface area contributed by atoms with Crippen LogP contribution in [0.15, 0.2) is 23.1 Å². The van der Waals surface area contributed by atoms with Crippen molar-refractivity contribution in [1.29, 1.82) is 0 Å². The van der Waals surface area contributed by atoms with Crippen molar-refractivity contribution >= 4 is 17.7 Å². The van der Waals surface area contributed by atoms with Crippen LogP contribution in [0.2, 0.25) is 0 Å². The average Bonchev–Trinajstić information content (AvgIpc) is 2.39. The smallest absolute Gasteiger partial charge is 0.316 e. The summed E-state index contributed by atoms with van der Waals surface area (Å²) in [6.07, 6.45) is 9.63. The SMILES string of the molecule is COC(=O)C1(C2=CSCC=C2)CCCCC1. The Morgan fingerprint density at radius 1 is 1.38 bits per heavy atom. The average molecular weight is 238 g/mol. The highest BCUT2D eigenvalue weighted by Gasteiger charge is 2.43. The third-order valence-corrected chi connectivity index (χ3v) is 4.34. The molecule has 0 saturated heterocycles. The molecule has 2 nitrogen and oxygen atoms in total. The normalized spacial score (nSPS) is 23.7. The molecule has 0 N–H and O–H groups in total. The molecule has 1 fully saturated rings. The largest absolute Gasteiger partial charge is 0.468 e. The van der Waals surface area contributed by atoms with E-state index >= 15 is 0 Å². The molecular formula is C13H18O2S. The number of carbonyl (C=O) groups is 1. The molecule has 1 aliphatic heterocycles. The molecule has 0 aromatic rings. The van der Waals surface area contributed by atoms with E-state index in [9.17, 15) is 4.79 Å². The molecular weight excluding hydrogens is 220 g/mol. The maximum absolute atomic E-state index is 12.1. The summed E-state index contributed by atoms with van der Waals surface area (Å²) in [6, 6.07) is 0. The molecule has 1 heterocycles. The fourth-order valence-electron chi connectivity index (χ4n) is 2.64. The zero-order valence-electron chi connectivity index (χ0n) is 9.70. The lowest BCUT2D eigenvalue weighted by Gasteiger charge is -2.36. The summed E-state index contributed by atoms with van der Waals surface area (Å²) in [4.78, 5) is 12.1. The van der Waals surface area contributed by atoms with Crippen LogP contribution in [-0.4, -0.2) is 18.8 Å². The second-order valence-electron chi connectivity index (χ2n) is 4.44. The number of carbonyl (C=O) groups excluding carboxylic acids is 1. The first-order chi connectivity index (χ1) is 7.79. The van der Waals surface area contributed by atoms with Gasteiger partial charge >= 0.3 is 5.97 Å². The second-order valence-corrected chi connectivity index (χ2v) is 5.35. The third-order valence-electron chi connectivity index (χ3n) is 3.54. The van der Waals surface area contributed by atoms with Crippen LogP contribution >= 0.6 is 11.8 Å². The van der Waals surface area contributed by atoms with E-state index in [-0.39, 0.29) is 11.4 Å². The van der Waals surface area contributed by atoms with Crippen LogP contribution in [0.3, 0.4) is 0 Å². The fraction of sp³-hybridized carbons (Fsp3) is 0.615. The Labute approximate surface area is 101 Å². The molecule has 0 atom stereocenters. The van der Waals surface area contributed by atoms with Gasteiger partial charge in [-0.3, -0.25) is 4.79 Å². The van der Waals surface area contributed by atoms with Crippen LogP contribution in [-0.2, 0) is 9.53 Å². The first-order valence-corrected chi connectivity index (χ1v) is 6.92. The second kappa shape index (κ2) is 5.09. The van der Waals surface area contributed by atoms with E-state index in [1.165, 1.54) is 13.5 Å². The molecule has 0 aromatic heterocycles. The van der Waals surface area contributed by atoms with Crippen LogP contribution in [0.4, 0.5) is 0 Å². The summed E-state index contributed by atoms with van der Waals surface area (Å²) in [5.41, 5.74) is 0.812. The number of rotatable bonds is 2. The van der Waals surface area contributed by atoms with Crippen molar-refractivity contribution in [3.05, 3.63) is 23.1 Å². The minimum absolute atomic E-state index is 0.0504. The van der Waals surface area contributed by atoms with Crippen molar-refractivity contribution in [2.24, 2.45) is 5.41 Å². The maximum Gasteiger partial charge on any atom is 0.316 e. The zero-order chi connectivity index (χ0) is 11.4. The highest BCUT2D eigenvalue weighted by molar-refractivity contribution is 8.02. The Morgan fingerprint density at radius 2 is 2.12 bits per heavy atom. The van der Waals surface area contributed by atoms with Crippen molar-refractivity contribution < 1.29 is 9.53 Å². The van der Waals surface area contributed by atoms with Gasteiger partial charge in [0.1, 0.15) is 0 Å². The molecule has 2 rings (SSSR count). The molecule has 0 bridgehead atoms. The summed E-state index contributed by atoms with van der Waals surface area (Å²) >= 11 is 1.77. The summed E-state index contributed by atoms with van der Waals surface area (Å²) in [7, 11) is 1.50. The molecule has 0 amide bonds. The number of hydrogen-bond donors (Lipinski definition) is 0. The zero-order valence-corrected chi connectivity index (χ0v) is 10.5. The maximum atomic E-state index is 12.1. The van der Waals surface area contributed by atoms with Crippen molar-refractivity contribution in [2.45, 2.75) is 32.1 Å². The molecule has 16 heavy (non-hydrogen) atoms. The molecule has 0 unspecified atom stereocenters. The van der Waals surface area contributed by atoms with Crippen LogP contribution in [0.1, 0.15) is 32.1 Å². The number of hydrogen-bond acceptors (Lipinski definition) is 3. The van der Waals surface area contributed by atoms with E-state index in [0.717, 1.165) is 37.0 Å². The van der Waals surface area contributed by atoms with Gasteiger partial charge in [-0.2, -0.15) is 0 Å². The van der Waals surface area contributed by atoms with E-state index in [1.54, 1.807) is 11.8 Å². The van der Waals surface area contributed by atoms with Gasteiger partial charge in [0.25, 0.3) is 0 Å². The fourth-order valence-corrected chi connectivity index (χ4v) is 3.43. The highest BCUT2D eigenvalue weighted by Crippen LogP contribution is 2.45. The van der Waals surface area contributed by atoms with Crippen molar-refractivity contribution in [3.8, 4) is 0 Å². The molecule has 0 radical (unpaired) electrons. The van der Waals surface area contributed by atoms with Gasteiger partial charge in [-0.15, -0.1) is 11.8 Å². The van der Waals surface area contributed by atoms with E-state index in [1.807, 2.05) is 0 Å². The van der Waals surface area contributed by atoms with Gasteiger partial charge in [-0.1, -0.05) is 31.4 Å². The number of thioether (sulfide) groups is 1. The van der Waals surface area contributed by atoms with Crippen LogP contribution < -0.4 is 0 Å². The van der Waals surface area contributed by atoms with Crippen LogP contribution in [0.5, 0.6) is 0 Å². The molecule has 0 spiro atoms. The first-order valence-electron chi connectivity index (χ1n) is 5.87. The molecule has 0 aromatic carbocycles. The number of ether oxygens (including phenoxy) is 1. The van der Waals surface area contributed by atoms with Crippen molar-refractivity contribution in [3.63, 3.8) is 0 Å². The van der Waals surface area contributed by atoms with Crippen molar-refractivity contribution in [1.82, 2.24) is 0 Å². The summed E-state index contributed by atoms with van der Waals surface area (Å²) in [6.45, 7) is 0. The molecule has 88 valence electrons. The number of methoxy groups -OCH3 is 1. The van der Waals surface area contributed by atoms with Crippen LogP contribution in [0, 0.1) is 5.41 Å². The predicted molar refractivity (Wildman–Crippen MR) is 67.2 cm³/mol. The Morgan fingerprint density at radius 3 is 2.69 bits per heavy atom. The summed E-state index contributed by atoms with van der Waals surface area (Å²) < 4.78 is 5.02. The molecule has 2 aliphatic rings. The lowest BCUT2D eigenvalue weighted by molar-refractivity contribution is -0.151. The van der Waals surface area contributed by atoms with Crippen LogP contribution in [0.25, 0.3) is 0 Å². The van der Waals surface area contributed by atoms with Gasteiger partial charge in [-0.05, 0) is 23.8 Å².